The number of fused-ring (bicyclic) bond motifs is 1. The fraction of sp³-hybridized carbons (Fsp3) is 0.290. The zero-order chi connectivity index (χ0) is 31.6. The van der Waals surface area contributed by atoms with Gasteiger partial charge >= 0.3 is 12.3 Å². The van der Waals surface area contributed by atoms with Crippen molar-refractivity contribution in [2.45, 2.75) is 32.5 Å². The second-order valence-corrected chi connectivity index (χ2v) is 11.1. The van der Waals surface area contributed by atoms with E-state index >= 15 is 0 Å². The summed E-state index contributed by atoms with van der Waals surface area (Å²) >= 11 is 0. The molecule has 2 aromatic carbocycles. The molecule has 2 aromatic heterocycles. The lowest BCUT2D eigenvalue weighted by Crippen LogP contribution is -2.50. The van der Waals surface area contributed by atoms with Crippen LogP contribution in [0, 0.1) is 17.7 Å². The number of halogens is 4. The highest BCUT2D eigenvalue weighted by molar-refractivity contribution is 6.05. The van der Waals surface area contributed by atoms with Crippen LogP contribution < -0.4 is 15.2 Å². The molecule has 0 atom stereocenters. The van der Waals surface area contributed by atoms with Crippen LogP contribution in [-0.4, -0.2) is 58.6 Å². The van der Waals surface area contributed by atoms with Gasteiger partial charge in [0, 0.05) is 37.8 Å². The van der Waals surface area contributed by atoms with Crippen molar-refractivity contribution in [3.8, 4) is 11.8 Å². The second-order valence-electron chi connectivity index (χ2n) is 11.1. The number of ether oxygens (including phenoxy) is 1. The first kappa shape index (κ1) is 30.3. The van der Waals surface area contributed by atoms with Gasteiger partial charge in [-0.3, -0.25) is 9.78 Å². The number of imidazole rings is 1. The van der Waals surface area contributed by atoms with E-state index in [2.05, 4.69) is 32.1 Å². The Kier molecular flexibility index (Phi) is 8.19. The van der Waals surface area contributed by atoms with Crippen LogP contribution in [-0.2, 0) is 10.9 Å². The molecular weight excluding hydrogens is 580 g/mol. The number of nitrogens with zero attached hydrogens (tertiary/aromatic N) is 3. The molecule has 0 bridgehead atoms. The van der Waals surface area contributed by atoms with Gasteiger partial charge in [0.05, 0.1) is 22.5 Å². The third-order valence-corrected chi connectivity index (χ3v) is 6.74. The van der Waals surface area contributed by atoms with Gasteiger partial charge in [-0.15, -0.1) is 4.98 Å². The van der Waals surface area contributed by atoms with Gasteiger partial charge < -0.3 is 19.9 Å². The number of hydrogen-bond donors (Lipinski definition) is 2. The van der Waals surface area contributed by atoms with Crippen molar-refractivity contribution in [1.82, 2.24) is 14.9 Å². The number of carbonyl (C=O) groups excluding carboxylic acids is 2. The maximum atomic E-state index is 14.6. The molecule has 0 aliphatic carbocycles. The zero-order valence-electron chi connectivity index (χ0n) is 24.1. The van der Waals surface area contributed by atoms with Crippen molar-refractivity contribution < 1.29 is 36.9 Å². The molecule has 0 saturated carbocycles. The molecule has 2 amide bonds. The Hall–Kier alpha value is -5.12. The highest BCUT2D eigenvalue weighted by Crippen LogP contribution is 2.42. The van der Waals surface area contributed by atoms with E-state index in [4.69, 9.17) is 4.74 Å². The standard InChI is InChI=1S/C31H28F4N6O3/c1-30(2,3)44-29(43)41-13-11-40(12-14-41)25-6-4-5-23(26(25)31(33,34)35)39-28(42)21-9-10-22(32)20(16-21)8-7-19-15-24-27(36-17-19)38-18-37-24/h4-6,9-10,15-18H,11-14H2,1-3H3,(H,39,42)(H,36,37,38)/p+1. The summed E-state index contributed by atoms with van der Waals surface area (Å²) < 4.78 is 63.2. The number of piperazine rings is 1. The van der Waals surface area contributed by atoms with Gasteiger partial charge in [-0.25, -0.2) is 14.2 Å². The molecule has 4 aromatic rings. The number of pyridine rings is 1. The summed E-state index contributed by atoms with van der Waals surface area (Å²) in [6, 6.07) is 8.99. The molecule has 0 radical (unpaired) electrons. The van der Waals surface area contributed by atoms with Crippen molar-refractivity contribution in [3.63, 3.8) is 0 Å². The molecule has 13 heteroatoms. The second kappa shape index (κ2) is 11.9. The number of carbonyl (C=O) groups is 2. The number of aromatic nitrogens is 3. The molecule has 3 heterocycles. The zero-order valence-corrected chi connectivity index (χ0v) is 24.1. The highest BCUT2D eigenvalue weighted by atomic mass is 19.4. The van der Waals surface area contributed by atoms with E-state index in [0.717, 1.165) is 12.1 Å². The number of aromatic amines is 2. The van der Waals surface area contributed by atoms with Crippen LogP contribution in [0.4, 0.5) is 33.7 Å². The molecule has 0 unspecified atom stereocenters. The van der Waals surface area contributed by atoms with Gasteiger partial charge in [-0.1, -0.05) is 17.9 Å². The predicted molar refractivity (Wildman–Crippen MR) is 154 cm³/mol. The average molecular weight is 610 g/mol. The number of H-pyrrole nitrogens is 2. The quantitative estimate of drug-likeness (QED) is 0.244. The van der Waals surface area contributed by atoms with Gasteiger partial charge in [-0.05, 0) is 51.1 Å². The van der Waals surface area contributed by atoms with E-state index in [9.17, 15) is 27.2 Å². The molecule has 3 N–H and O–H groups in total. The molecule has 1 fully saturated rings. The van der Waals surface area contributed by atoms with Crippen molar-refractivity contribution in [2.24, 2.45) is 0 Å². The topological polar surface area (TPSA) is 105 Å². The summed E-state index contributed by atoms with van der Waals surface area (Å²) in [5.41, 5.74) is -0.689. The van der Waals surface area contributed by atoms with Crippen LogP contribution in [0.5, 0.6) is 0 Å². The number of amides is 2. The molecule has 44 heavy (non-hydrogen) atoms. The lowest BCUT2D eigenvalue weighted by Gasteiger charge is -2.38. The summed E-state index contributed by atoms with van der Waals surface area (Å²) in [4.78, 5) is 38.6. The smallest absolute Gasteiger partial charge is 0.420 e. The van der Waals surface area contributed by atoms with Crippen LogP contribution in [0.15, 0.2) is 55.0 Å². The van der Waals surface area contributed by atoms with Gasteiger partial charge in [0.2, 0.25) is 0 Å². The van der Waals surface area contributed by atoms with Crippen LogP contribution in [0.1, 0.15) is 47.8 Å². The van der Waals surface area contributed by atoms with Gasteiger partial charge in [0.25, 0.3) is 11.6 Å². The first-order valence-electron chi connectivity index (χ1n) is 13.7. The van der Waals surface area contributed by atoms with E-state index in [1.807, 2.05) is 0 Å². The minimum atomic E-state index is -4.81. The van der Waals surface area contributed by atoms with Crippen LogP contribution in [0.2, 0.25) is 0 Å². The molecule has 1 saturated heterocycles. The van der Waals surface area contributed by atoms with Crippen LogP contribution in [0.3, 0.4) is 0 Å². The number of rotatable bonds is 3. The average Bonchev–Trinajstić information content (AvgIpc) is 3.43. The van der Waals surface area contributed by atoms with Gasteiger partial charge in [0.15, 0.2) is 11.8 Å². The largest absolute Gasteiger partial charge is 0.444 e. The normalized spacial score (nSPS) is 13.8. The number of nitrogens with one attached hydrogen (secondary N) is 3. The Bertz CT molecular complexity index is 1780. The first-order valence-corrected chi connectivity index (χ1v) is 13.7. The molecule has 228 valence electrons. The molecule has 5 rings (SSSR count). The van der Waals surface area contributed by atoms with Crippen molar-refractivity contribution in [2.75, 3.05) is 36.4 Å². The lowest BCUT2D eigenvalue weighted by molar-refractivity contribution is -0.347. The molecular formula is C31H29F4N6O3+. The fourth-order valence-corrected chi connectivity index (χ4v) is 4.70. The summed E-state index contributed by atoms with van der Waals surface area (Å²) in [5, 5.41) is 2.34. The maximum absolute atomic E-state index is 14.6. The SMILES string of the molecule is CC(C)(C)OC(=O)N1CCN(c2cccc(NC(=O)c3ccc(F)c(C#Cc4cnc5[nH+]c[nH]c5c4)c3)c2C(F)(F)F)CC1. The summed E-state index contributed by atoms with van der Waals surface area (Å²) in [7, 11) is 0. The van der Waals surface area contributed by atoms with Gasteiger partial charge in [0.1, 0.15) is 23.2 Å². The maximum Gasteiger partial charge on any atom is 0.420 e. The Morgan fingerprint density at radius 2 is 1.80 bits per heavy atom. The molecule has 1 aliphatic heterocycles. The third kappa shape index (κ3) is 6.91. The van der Waals surface area contributed by atoms with Crippen molar-refractivity contribution in [3.05, 3.63) is 83.1 Å². The fourth-order valence-electron chi connectivity index (χ4n) is 4.70. The first-order chi connectivity index (χ1) is 20.8. The van der Waals surface area contributed by atoms with Crippen LogP contribution in [0.25, 0.3) is 11.2 Å². The molecule has 0 spiro atoms. The van der Waals surface area contributed by atoms with E-state index in [0.29, 0.717) is 16.7 Å². The highest BCUT2D eigenvalue weighted by Gasteiger charge is 2.39. The Balaban J connectivity index is 1.36. The Morgan fingerprint density at radius 3 is 2.50 bits per heavy atom. The van der Waals surface area contributed by atoms with Crippen molar-refractivity contribution >= 4 is 34.5 Å². The van der Waals surface area contributed by atoms with E-state index in [-0.39, 0.29) is 43.0 Å². The number of anilines is 2. The summed E-state index contributed by atoms with van der Waals surface area (Å²) in [6.45, 7) is 5.79. The van der Waals surface area contributed by atoms with E-state index < -0.39 is 40.8 Å². The van der Waals surface area contributed by atoms with E-state index in [1.165, 1.54) is 40.3 Å². The number of alkyl halides is 3. The van der Waals surface area contributed by atoms with E-state index in [1.54, 1.807) is 33.2 Å². The number of hydrogen-bond acceptors (Lipinski definition) is 5. The molecule has 9 nitrogen and oxygen atoms in total. The van der Waals surface area contributed by atoms with Gasteiger partial charge in [-0.2, -0.15) is 13.2 Å². The third-order valence-electron chi connectivity index (χ3n) is 6.74. The lowest BCUT2D eigenvalue weighted by atomic mass is 10.1. The summed E-state index contributed by atoms with van der Waals surface area (Å²) in [5.74, 6) is 3.89. The Labute approximate surface area is 250 Å². The van der Waals surface area contributed by atoms with Crippen LogP contribution >= 0.6 is 0 Å². The minimum Gasteiger partial charge on any atom is -0.444 e. The monoisotopic (exact) mass is 609 g/mol. The predicted octanol–water partition coefficient (Wildman–Crippen LogP) is 5.24. The van der Waals surface area contributed by atoms with Crippen molar-refractivity contribution in [1.29, 1.82) is 0 Å². The molecule has 1 aliphatic rings. The number of benzene rings is 2. The Morgan fingerprint density at radius 1 is 1.05 bits per heavy atom. The summed E-state index contributed by atoms with van der Waals surface area (Å²) in [6.07, 6.45) is -2.25. The minimum absolute atomic E-state index is 0.0762.